The predicted octanol–water partition coefficient (Wildman–Crippen LogP) is 4.29. The van der Waals surface area contributed by atoms with Gasteiger partial charge in [-0.2, -0.15) is 0 Å². The van der Waals surface area contributed by atoms with Gasteiger partial charge in [0.1, 0.15) is 0 Å². The van der Waals surface area contributed by atoms with Gasteiger partial charge in [0.15, 0.2) is 15.2 Å². The summed E-state index contributed by atoms with van der Waals surface area (Å²) in [6.07, 6.45) is 0. The summed E-state index contributed by atoms with van der Waals surface area (Å²) in [5, 5.41) is 4.20. The molecule has 0 amide bonds. The molecule has 4 nitrogen and oxygen atoms in total. The van der Waals surface area contributed by atoms with E-state index in [2.05, 4.69) is 15.0 Å². The van der Waals surface area contributed by atoms with Crippen LogP contribution in [0.15, 0.2) is 18.2 Å². The Labute approximate surface area is 124 Å². The number of nitrogens with one attached hydrogen (secondary N) is 1. The van der Waals surface area contributed by atoms with Crippen LogP contribution in [-0.2, 0) is 4.74 Å². The molecule has 2 rings (SSSR count). The van der Waals surface area contributed by atoms with Gasteiger partial charge in [-0.3, -0.25) is 0 Å². The largest absolute Gasteiger partial charge is 0.465 e. The highest BCUT2D eigenvalue weighted by atomic mass is 35.5. The van der Waals surface area contributed by atoms with Gasteiger partial charge in [0.05, 0.1) is 17.8 Å². The van der Waals surface area contributed by atoms with Gasteiger partial charge in [-0.15, -0.1) is 0 Å². The van der Waals surface area contributed by atoms with Crippen molar-refractivity contribution in [3.63, 3.8) is 0 Å². The zero-order valence-corrected chi connectivity index (χ0v) is 12.5. The second kappa shape index (κ2) is 5.77. The lowest BCUT2D eigenvalue weighted by Gasteiger charge is -2.05. The van der Waals surface area contributed by atoms with Gasteiger partial charge in [-0.05, 0) is 24.6 Å². The zero-order valence-electron chi connectivity index (χ0n) is 10.2. The number of aryl methyl sites for hydroxylation is 1. The first-order valence-electron chi connectivity index (χ1n) is 5.29. The average molecular weight is 317 g/mol. The fourth-order valence-corrected chi connectivity index (χ4v) is 2.70. The monoisotopic (exact) mass is 316 g/mol. The lowest BCUT2D eigenvalue weighted by Crippen LogP contribution is -1.98. The highest BCUT2D eigenvalue weighted by Gasteiger charge is 2.17. The Balaban J connectivity index is 2.29. The summed E-state index contributed by atoms with van der Waals surface area (Å²) < 4.78 is 4.62. The lowest BCUT2D eigenvalue weighted by molar-refractivity contribution is 0.0606. The molecule has 0 saturated heterocycles. The van der Waals surface area contributed by atoms with Gasteiger partial charge < -0.3 is 10.1 Å². The number of hydrogen-bond acceptors (Lipinski definition) is 5. The Morgan fingerprint density at radius 1 is 1.42 bits per heavy atom. The van der Waals surface area contributed by atoms with Crippen molar-refractivity contribution >= 4 is 51.3 Å². The standard InChI is InChI=1S/C12H10Cl2N2O2S/c1-6-3-4-7(13)8(5-6)15-12-16-10(14)9(19-12)11(17)18-2/h3-5H,1-2H3,(H,15,16). The maximum absolute atomic E-state index is 11.4. The number of carbonyl (C=O) groups excluding carboxylic acids is 1. The van der Waals surface area contributed by atoms with E-state index in [0.29, 0.717) is 15.8 Å². The van der Waals surface area contributed by atoms with E-state index < -0.39 is 5.97 Å². The fraction of sp³-hybridized carbons (Fsp3) is 0.167. The van der Waals surface area contributed by atoms with E-state index in [4.69, 9.17) is 23.2 Å². The van der Waals surface area contributed by atoms with Crippen molar-refractivity contribution in [1.82, 2.24) is 4.98 Å². The molecule has 1 aromatic carbocycles. The number of hydrogen-bond donors (Lipinski definition) is 1. The summed E-state index contributed by atoms with van der Waals surface area (Å²) in [7, 11) is 1.29. The molecule has 1 heterocycles. The molecular formula is C12H10Cl2N2O2S. The molecule has 0 atom stereocenters. The Morgan fingerprint density at radius 2 is 2.16 bits per heavy atom. The van der Waals surface area contributed by atoms with Gasteiger partial charge in [0, 0.05) is 0 Å². The molecule has 0 unspecified atom stereocenters. The molecule has 0 spiro atoms. The first-order valence-corrected chi connectivity index (χ1v) is 6.86. The maximum Gasteiger partial charge on any atom is 0.351 e. The Hall–Kier alpha value is -1.30. The molecular weight excluding hydrogens is 307 g/mol. The van der Waals surface area contributed by atoms with Crippen molar-refractivity contribution in [2.45, 2.75) is 6.92 Å². The van der Waals surface area contributed by atoms with Crippen molar-refractivity contribution in [2.75, 3.05) is 12.4 Å². The summed E-state index contributed by atoms with van der Waals surface area (Å²) in [6, 6.07) is 5.58. The molecule has 0 radical (unpaired) electrons. The number of carbonyl (C=O) groups is 1. The van der Waals surface area contributed by atoms with Crippen molar-refractivity contribution in [2.24, 2.45) is 0 Å². The minimum atomic E-state index is -0.508. The number of esters is 1. The smallest absolute Gasteiger partial charge is 0.351 e. The number of methoxy groups -OCH3 is 1. The molecule has 0 fully saturated rings. The van der Waals surface area contributed by atoms with Gasteiger partial charge >= 0.3 is 5.97 Å². The molecule has 7 heteroatoms. The topological polar surface area (TPSA) is 51.2 Å². The van der Waals surface area contributed by atoms with Crippen LogP contribution < -0.4 is 5.32 Å². The van der Waals surface area contributed by atoms with Crippen molar-refractivity contribution < 1.29 is 9.53 Å². The van der Waals surface area contributed by atoms with E-state index in [1.165, 1.54) is 7.11 Å². The second-order valence-electron chi connectivity index (χ2n) is 3.74. The van der Waals surface area contributed by atoms with Crippen molar-refractivity contribution in [3.05, 3.63) is 38.8 Å². The summed E-state index contributed by atoms with van der Waals surface area (Å²) in [5.41, 5.74) is 1.77. The molecule has 1 N–H and O–H groups in total. The van der Waals surface area contributed by atoms with Crippen LogP contribution in [0, 0.1) is 6.92 Å². The first-order chi connectivity index (χ1) is 9.01. The normalized spacial score (nSPS) is 10.3. The third kappa shape index (κ3) is 3.18. The van der Waals surface area contributed by atoms with E-state index in [0.717, 1.165) is 16.9 Å². The van der Waals surface area contributed by atoms with Crippen molar-refractivity contribution in [3.8, 4) is 0 Å². The summed E-state index contributed by atoms with van der Waals surface area (Å²) in [4.78, 5) is 15.7. The highest BCUT2D eigenvalue weighted by molar-refractivity contribution is 7.18. The fourth-order valence-electron chi connectivity index (χ4n) is 1.42. The molecule has 0 aliphatic heterocycles. The van der Waals surface area contributed by atoms with E-state index in [1.54, 1.807) is 6.07 Å². The number of benzene rings is 1. The Kier molecular flexibility index (Phi) is 4.29. The predicted molar refractivity (Wildman–Crippen MR) is 77.9 cm³/mol. The molecule has 2 aromatic rings. The average Bonchev–Trinajstić information content (AvgIpc) is 2.74. The maximum atomic E-state index is 11.4. The number of rotatable bonds is 3. The van der Waals surface area contributed by atoms with E-state index in [-0.39, 0.29) is 10.0 Å². The quantitative estimate of drug-likeness (QED) is 0.858. The third-order valence-corrected chi connectivity index (χ3v) is 3.99. The second-order valence-corrected chi connectivity index (χ2v) is 5.50. The van der Waals surface area contributed by atoms with E-state index in [9.17, 15) is 4.79 Å². The van der Waals surface area contributed by atoms with Gasteiger partial charge in [-0.25, -0.2) is 9.78 Å². The molecule has 0 saturated carbocycles. The van der Waals surface area contributed by atoms with Gasteiger partial charge in [0.2, 0.25) is 0 Å². The number of ether oxygens (including phenoxy) is 1. The van der Waals surface area contributed by atoms with Crippen LogP contribution in [0.25, 0.3) is 0 Å². The van der Waals surface area contributed by atoms with Crippen LogP contribution in [0.1, 0.15) is 15.2 Å². The third-order valence-electron chi connectivity index (χ3n) is 2.32. The van der Waals surface area contributed by atoms with Crippen LogP contribution in [-0.4, -0.2) is 18.1 Å². The molecule has 0 bridgehead atoms. The molecule has 0 aliphatic rings. The SMILES string of the molecule is COC(=O)c1sc(Nc2cc(C)ccc2Cl)nc1Cl. The van der Waals surface area contributed by atoms with Crippen LogP contribution in [0.3, 0.4) is 0 Å². The summed E-state index contributed by atoms with van der Waals surface area (Å²) >= 11 is 13.1. The van der Waals surface area contributed by atoms with Gasteiger partial charge in [0.25, 0.3) is 0 Å². The Bertz CT molecular complexity index is 628. The number of anilines is 2. The summed E-state index contributed by atoms with van der Waals surface area (Å²) in [6.45, 7) is 1.95. The molecule has 19 heavy (non-hydrogen) atoms. The van der Waals surface area contributed by atoms with E-state index >= 15 is 0 Å². The first kappa shape index (κ1) is 14.1. The minimum absolute atomic E-state index is 0.114. The number of aromatic nitrogens is 1. The highest BCUT2D eigenvalue weighted by Crippen LogP contribution is 2.32. The Morgan fingerprint density at radius 3 is 2.84 bits per heavy atom. The van der Waals surface area contributed by atoms with E-state index in [1.807, 2.05) is 19.1 Å². The van der Waals surface area contributed by atoms with Crippen LogP contribution >= 0.6 is 34.5 Å². The number of nitrogens with zero attached hydrogens (tertiary/aromatic N) is 1. The summed E-state index contributed by atoms with van der Waals surface area (Å²) in [5.74, 6) is -0.508. The van der Waals surface area contributed by atoms with Gasteiger partial charge in [-0.1, -0.05) is 40.6 Å². The minimum Gasteiger partial charge on any atom is -0.465 e. The number of halogens is 2. The lowest BCUT2D eigenvalue weighted by atomic mass is 10.2. The van der Waals surface area contributed by atoms with Crippen LogP contribution in [0.5, 0.6) is 0 Å². The molecule has 100 valence electrons. The zero-order chi connectivity index (χ0) is 14.0. The van der Waals surface area contributed by atoms with Crippen molar-refractivity contribution in [1.29, 1.82) is 0 Å². The number of thiazole rings is 1. The molecule has 0 aliphatic carbocycles. The van der Waals surface area contributed by atoms with Crippen LogP contribution in [0.2, 0.25) is 10.2 Å². The van der Waals surface area contributed by atoms with Crippen LogP contribution in [0.4, 0.5) is 10.8 Å². The molecule has 1 aromatic heterocycles.